The van der Waals surface area contributed by atoms with Gasteiger partial charge in [-0.05, 0) is 31.4 Å². The Morgan fingerprint density at radius 1 is 1.24 bits per heavy atom. The van der Waals surface area contributed by atoms with E-state index in [1.807, 2.05) is 45.7 Å². The van der Waals surface area contributed by atoms with Crippen molar-refractivity contribution in [2.24, 2.45) is 5.41 Å². The molecule has 1 aromatic heterocycles. The molecule has 2 saturated heterocycles. The Balaban J connectivity index is 1.40. The van der Waals surface area contributed by atoms with Crippen LogP contribution in [0.25, 0.3) is 11.0 Å². The van der Waals surface area contributed by atoms with Gasteiger partial charge in [-0.3, -0.25) is 9.59 Å². The van der Waals surface area contributed by atoms with Crippen molar-refractivity contribution in [3.8, 4) is 0 Å². The molecule has 6 heteroatoms. The molecule has 0 saturated carbocycles. The minimum atomic E-state index is -0.329. The van der Waals surface area contributed by atoms with Gasteiger partial charge in [0.1, 0.15) is 0 Å². The van der Waals surface area contributed by atoms with Crippen LogP contribution in [0.5, 0.6) is 0 Å². The van der Waals surface area contributed by atoms with Crippen LogP contribution in [-0.4, -0.2) is 57.8 Å². The molecule has 1 aromatic carbocycles. The maximum absolute atomic E-state index is 12.7. The average Bonchev–Trinajstić information content (AvgIpc) is 3.23. The lowest BCUT2D eigenvalue weighted by Crippen LogP contribution is -2.48. The third-order valence-corrected chi connectivity index (χ3v) is 5.75. The van der Waals surface area contributed by atoms with Gasteiger partial charge in [0.2, 0.25) is 11.8 Å². The Morgan fingerprint density at radius 2 is 2.08 bits per heavy atom. The van der Waals surface area contributed by atoms with E-state index < -0.39 is 0 Å². The fraction of sp³-hybridized carbons (Fsp3) is 0.526. The van der Waals surface area contributed by atoms with E-state index in [-0.39, 0.29) is 17.2 Å². The largest absolute Gasteiger partial charge is 0.345 e. The van der Waals surface area contributed by atoms with Crippen LogP contribution in [0.3, 0.4) is 0 Å². The highest BCUT2D eigenvalue weighted by atomic mass is 16.2. The van der Waals surface area contributed by atoms with Crippen molar-refractivity contribution in [3.63, 3.8) is 0 Å². The second kappa shape index (κ2) is 6.17. The normalized spacial score (nSPS) is 23.8. The zero-order chi connectivity index (χ0) is 17.4. The van der Waals surface area contributed by atoms with Crippen molar-refractivity contribution < 1.29 is 9.59 Å². The van der Waals surface area contributed by atoms with E-state index in [2.05, 4.69) is 4.98 Å². The number of fused-ring (bicyclic) bond motifs is 1. The molecule has 25 heavy (non-hydrogen) atoms. The van der Waals surface area contributed by atoms with Gasteiger partial charge in [0.05, 0.1) is 22.8 Å². The van der Waals surface area contributed by atoms with Crippen LogP contribution < -0.4 is 0 Å². The van der Waals surface area contributed by atoms with E-state index in [1.54, 1.807) is 6.33 Å². The summed E-state index contributed by atoms with van der Waals surface area (Å²) in [5.74, 6) is 0.352. The van der Waals surface area contributed by atoms with Gasteiger partial charge in [-0.1, -0.05) is 12.1 Å². The highest BCUT2D eigenvalue weighted by molar-refractivity contribution is 5.86. The molecule has 0 aliphatic carbocycles. The van der Waals surface area contributed by atoms with Crippen molar-refractivity contribution in [1.29, 1.82) is 0 Å². The second-order valence-electron chi connectivity index (χ2n) is 7.35. The van der Waals surface area contributed by atoms with Gasteiger partial charge < -0.3 is 14.4 Å². The minimum absolute atomic E-state index is 0.135. The van der Waals surface area contributed by atoms with Crippen LogP contribution in [0.1, 0.15) is 25.7 Å². The number of hydrogen-bond donors (Lipinski definition) is 0. The van der Waals surface area contributed by atoms with Gasteiger partial charge in [-0.25, -0.2) is 4.98 Å². The molecule has 1 atom stereocenters. The zero-order valence-electron chi connectivity index (χ0n) is 14.6. The number of carbonyl (C=O) groups excluding carboxylic acids is 2. The maximum Gasteiger partial charge on any atom is 0.230 e. The lowest BCUT2D eigenvalue weighted by molar-refractivity contribution is -0.144. The summed E-state index contributed by atoms with van der Waals surface area (Å²) >= 11 is 0. The summed E-state index contributed by atoms with van der Waals surface area (Å²) in [5, 5.41) is 0. The van der Waals surface area contributed by atoms with Crippen molar-refractivity contribution in [1.82, 2.24) is 19.4 Å². The van der Waals surface area contributed by atoms with Crippen LogP contribution in [0, 0.1) is 5.41 Å². The number of aromatic nitrogens is 2. The van der Waals surface area contributed by atoms with Crippen LogP contribution in [0.4, 0.5) is 0 Å². The van der Waals surface area contributed by atoms with Crippen molar-refractivity contribution in [3.05, 3.63) is 30.6 Å². The van der Waals surface area contributed by atoms with E-state index in [0.717, 1.165) is 36.8 Å². The molecule has 2 aliphatic heterocycles. The van der Waals surface area contributed by atoms with E-state index in [9.17, 15) is 9.59 Å². The molecule has 0 bridgehead atoms. The predicted molar refractivity (Wildman–Crippen MR) is 94.9 cm³/mol. The van der Waals surface area contributed by atoms with Gasteiger partial charge in [0.15, 0.2) is 0 Å². The molecule has 3 heterocycles. The molecule has 4 rings (SSSR count). The summed E-state index contributed by atoms with van der Waals surface area (Å²) in [7, 11) is 1.87. The molecule has 2 aliphatic rings. The molecule has 1 spiro atoms. The SMILES string of the molecule is CN1CCC[C@]2(CCN(C(=O)CCn3cnc4ccccc43)C2)C1=O. The van der Waals surface area contributed by atoms with Crippen molar-refractivity contribution >= 4 is 22.8 Å². The highest BCUT2D eigenvalue weighted by Crippen LogP contribution is 2.39. The zero-order valence-corrected chi connectivity index (χ0v) is 14.6. The molecular formula is C19H24N4O2. The first-order chi connectivity index (χ1) is 12.1. The molecule has 2 aromatic rings. The number of aryl methyl sites for hydroxylation is 1. The Kier molecular flexibility index (Phi) is 3.98. The van der Waals surface area contributed by atoms with Gasteiger partial charge in [0, 0.05) is 39.6 Å². The number of rotatable bonds is 3. The van der Waals surface area contributed by atoms with Crippen LogP contribution in [-0.2, 0) is 16.1 Å². The quantitative estimate of drug-likeness (QED) is 0.857. The molecule has 132 valence electrons. The molecule has 2 amide bonds. The summed E-state index contributed by atoms with van der Waals surface area (Å²) in [6.45, 7) is 2.74. The summed E-state index contributed by atoms with van der Waals surface area (Å²) < 4.78 is 2.03. The first kappa shape index (κ1) is 16.1. The summed E-state index contributed by atoms with van der Waals surface area (Å²) in [6, 6.07) is 7.95. The van der Waals surface area contributed by atoms with Gasteiger partial charge in [0.25, 0.3) is 0 Å². The van der Waals surface area contributed by atoms with Crippen LogP contribution in [0.2, 0.25) is 0 Å². The van der Waals surface area contributed by atoms with Crippen LogP contribution >= 0.6 is 0 Å². The number of benzene rings is 1. The average molecular weight is 340 g/mol. The number of likely N-dealkylation sites (tertiary alicyclic amines) is 2. The minimum Gasteiger partial charge on any atom is -0.345 e. The molecule has 0 unspecified atom stereocenters. The van der Waals surface area contributed by atoms with E-state index >= 15 is 0 Å². The van der Waals surface area contributed by atoms with E-state index in [0.29, 0.717) is 26.1 Å². The third-order valence-electron chi connectivity index (χ3n) is 5.75. The number of imidazole rings is 1. The fourth-order valence-electron chi connectivity index (χ4n) is 4.29. The highest BCUT2D eigenvalue weighted by Gasteiger charge is 2.48. The van der Waals surface area contributed by atoms with E-state index in [1.165, 1.54) is 0 Å². The third kappa shape index (κ3) is 2.79. The smallest absolute Gasteiger partial charge is 0.230 e. The standard InChI is InChI=1S/C19H24N4O2/c1-21-10-4-8-19(18(21)25)9-12-22(13-19)17(24)7-11-23-14-20-15-5-2-3-6-16(15)23/h2-3,5-6,14H,4,7-13H2,1H3/t19-/m1/s1. The van der Waals surface area contributed by atoms with Crippen LogP contribution in [0.15, 0.2) is 30.6 Å². The summed E-state index contributed by atoms with van der Waals surface area (Å²) in [6.07, 6.45) is 4.98. The fourth-order valence-corrected chi connectivity index (χ4v) is 4.29. The predicted octanol–water partition coefficient (Wildman–Crippen LogP) is 1.90. The van der Waals surface area contributed by atoms with E-state index in [4.69, 9.17) is 0 Å². The monoisotopic (exact) mass is 340 g/mol. The molecule has 0 radical (unpaired) electrons. The Hall–Kier alpha value is -2.37. The van der Waals surface area contributed by atoms with Crippen molar-refractivity contribution in [2.45, 2.75) is 32.2 Å². The Labute approximate surface area is 147 Å². The number of para-hydroxylation sites is 2. The number of amides is 2. The molecule has 6 nitrogen and oxygen atoms in total. The summed E-state index contributed by atoms with van der Waals surface area (Å²) in [5.41, 5.74) is 1.67. The number of piperidine rings is 1. The Bertz CT molecular complexity index is 815. The molecule has 0 N–H and O–H groups in total. The summed E-state index contributed by atoms with van der Waals surface area (Å²) in [4.78, 5) is 33.3. The number of hydrogen-bond acceptors (Lipinski definition) is 3. The first-order valence-electron chi connectivity index (χ1n) is 9.02. The van der Waals surface area contributed by atoms with Gasteiger partial charge >= 0.3 is 0 Å². The number of carbonyl (C=O) groups is 2. The maximum atomic E-state index is 12.7. The van der Waals surface area contributed by atoms with Gasteiger partial charge in [-0.15, -0.1) is 0 Å². The molecule has 2 fully saturated rings. The second-order valence-corrected chi connectivity index (χ2v) is 7.35. The number of nitrogens with zero attached hydrogens (tertiary/aromatic N) is 4. The lowest BCUT2D eigenvalue weighted by atomic mass is 9.78. The topological polar surface area (TPSA) is 58.4 Å². The molecular weight excluding hydrogens is 316 g/mol. The lowest BCUT2D eigenvalue weighted by Gasteiger charge is -2.37. The Morgan fingerprint density at radius 3 is 2.96 bits per heavy atom. The first-order valence-corrected chi connectivity index (χ1v) is 9.02. The van der Waals surface area contributed by atoms with Crippen molar-refractivity contribution in [2.75, 3.05) is 26.7 Å². The van der Waals surface area contributed by atoms with Gasteiger partial charge in [-0.2, -0.15) is 0 Å².